The van der Waals surface area contributed by atoms with E-state index in [2.05, 4.69) is 5.32 Å². The van der Waals surface area contributed by atoms with Crippen LogP contribution < -0.4 is 5.32 Å². The van der Waals surface area contributed by atoms with Crippen molar-refractivity contribution in [1.29, 1.82) is 0 Å². The Hall–Kier alpha value is -3.06. The van der Waals surface area contributed by atoms with Gasteiger partial charge in [0.1, 0.15) is 5.76 Å². The topological polar surface area (TPSA) is 80.4 Å². The number of aromatic nitrogens is 2. The van der Waals surface area contributed by atoms with E-state index in [1.165, 1.54) is 0 Å². The molecule has 2 aromatic heterocycles. The average molecular weight is 481 g/mol. The fourth-order valence-corrected chi connectivity index (χ4v) is 5.10. The molecule has 1 fully saturated rings. The molecule has 3 aromatic rings. The molecule has 1 aliphatic heterocycles. The number of nitrogens with zero attached hydrogens (tertiary/aromatic N) is 3. The number of rotatable bonds is 5. The van der Waals surface area contributed by atoms with E-state index in [4.69, 9.17) is 21.1 Å². The van der Waals surface area contributed by atoms with Crippen LogP contribution in [0.4, 0.5) is 0 Å². The lowest BCUT2D eigenvalue weighted by Crippen LogP contribution is -2.43. The summed E-state index contributed by atoms with van der Waals surface area (Å²) in [5.74, 6) is 0.630. The molecule has 0 unspecified atom stereocenters. The van der Waals surface area contributed by atoms with Gasteiger partial charge in [0.05, 0.1) is 18.5 Å². The SMILES string of the molecule is O=C(NCc1ccco1)C1CCN(C(=O)c2nn(-c3ccc(Cl)cc3)c3c2CCCCC3)CC1. The van der Waals surface area contributed by atoms with Crippen LogP contribution in [0.2, 0.25) is 5.02 Å². The molecule has 0 radical (unpaired) electrons. The van der Waals surface area contributed by atoms with Crippen LogP contribution in [0.15, 0.2) is 47.1 Å². The molecule has 2 amide bonds. The minimum atomic E-state index is -0.0947. The van der Waals surface area contributed by atoms with Crippen molar-refractivity contribution in [2.75, 3.05) is 13.1 Å². The number of benzene rings is 1. The molecule has 1 aromatic carbocycles. The number of amides is 2. The second kappa shape index (κ2) is 10.1. The third-order valence-electron chi connectivity index (χ3n) is 6.87. The largest absolute Gasteiger partial charge is 0.467 e. The van der Waals surface area contributed by atoms with E-state index >= 15 is 0 Å². The second-order valence-electron chi connectivity index (χ2n) is 9.09. The predicted octanol–water partition coefficient (Wildman–Crippen LogP) is 4.56. The highest BCUT2D eigenvalue weighted by Gasteiger charge is 2.32. The summed E-state index contributed by atoms with van der Waals surface area (Å²) in [6, 6.07) is 11.2. The standard InChI is InChI=1S/C26H29ClN4O3/c27-19-8-10-20(11-9-19)31-23-7-3-1-2-6-22(23)24(29-31)26(33)30-14-12-18(13-15-30)25(32)28-17-21-5-4-16-34-21/h4-5,8-11,16,18H,1-3,6-7,12-15,17H2,(H,28,32). The van der Waals surface area contributed by atoms with E-state index < -0.39 is 0 Å². The Morgan fingerprint density at radius 1 is 1.06 bits per heavy atom. The fourth-order valence-electron chi connectivity index (χ4n) is 4.97. The molecule has 3 heterocycles. The van der Waals surface area contributed by atoms with E-state index in [0.29, 0.717) is 43.2 Å². The quantitative estimate of drug-likeness (QED) is 0.543. The van der Waals surface area contributed by atoms with Gasteiger partial charge in [0.15, 0.2) is 5.69 Å². The Balaban J connectivity index is 1.29. The summed E-state index contributed by atoms with van der Waals surface area (Å²) in [6.45, 7) is 1.50. The van der Waals surface area contributed by atoms with Gasteiger partial charge in [-0.3, -0.25) is 9.59 Å². The first kappa shape index (κ1) is 22.7. The van der Waals surface area contributed by atoms with Gasteiger partial charge in [0.25, 0.3) is 5.91 Å². The summed E-state index contributed by atoms with van der Waals surface area (Å²) < 4.78 is 7.21. The van der Waals surface area contributed by atoms with E-state index in [-0.39, 0.29) is 17.7 Å². The Labute approximate surface area is 204 Å². The second-order valence-corrected chi connectivity index (χ2v) is 9.52. The summed E-state index contributed by atoms with van der Waals surface area (Å²) in [5, 5.41) is 8.43. The molecule has 0 spiro atoms. The van der Waals surface area contributed by atoms with Crippen molar-refractivity contribution >= 4 is 23.4 Å². The molecule has 1 aliphatic carbocycles. The minimum Gasteiger partial charge on any atom is -0.467 e. The highest BCUT2D eigenvalue weighted by molar-refractivity contribution is 6.30. The van der Waals surface area contributed by atoms with E-state index in [1.807, 2.05) is 39.9 Å². The summed E-state index contributed by atoms with van der Waals surface area (Å²) in [5.41, 5.74) is 3.70. The number of furan rings is 1. The van der Waals surface area contributed by atoms with Crippen molar-refractivity contribution in [3.05, 3.63) is 70.4 Å². The lowest BCUT2D eigenvalue weighted by atomic mass is 9.95. The molecule has 7 nitrogen and oxygen atoms in total. The van der Waals surface area contributed by atoms with Crippen LogP contribution in [0.3, 0.4) is 0 Å². The van der Waals surface area contributed by atoms with Crippen LogP contribution >= 0.6 is 11.6 Å². The Kier molecular flexibility index (Phi) is 6.72. The summed E-state index contributed by atoms with van der Waals surface area (Å²) in [7, 11) is 0. The first-order valence-electron chi connectivity index (χ1n) is 12.1. The molecule has 0 saturated carbocycles. The predicted molar refractivity (Wildman–Crippen MR) is 129 cm³/mol. The number of hydrogen-bond acceptors (Lipinski definition) is 4. The maximum Gasteiger partial charge on any atom is 0.274 e. The third-order valence-corrected chi connectivity index (χ3v) is 7.13. The van der Waals surface area contributed by atoms with Crippen LogP contribution in [0, 0.1) is 5.92 Å². The van der Waals surface area contributed by atoms with Crippen LogP contribution in [0.25, 0.3) is 5.69 Å². The molecule has 34 heavy (non-hydrogen) atoms. The zero-order valence-corrected chi connectivity index (χ0v) is 19.9. The molecule has 1 saturated heterocycles. The highest BCUT2D eigenvalue weighted by Crippen LogP contribution is 2.29. The molecular weight excluding hydrogens is 452 g/mol. The summed E-state index contributed by atoms with van der Waals surface area (Å²) in [6.07, 6.45) is 8.00. The van der Waals surface area contributed by atoms with Crippen molar-refractivity contribution in [2.24, 2.45) is 5.92 Å². The van der Waals surface area contributed by atoms with Crippen LogP contribution in [0.1, 0.15) is 59.6 Å². The zero-order valence-electron chi connectivity index (χ0n) is 19.1. The number of carbonyl (C=O) groups is 2. The van der Waals surface area contributed by atoms with E-state index in [1.54, 1.807) is 12.3 Å². The maximum absolute atomic E-state index is 13.6. The van der Waals surface area contributed by atoms with Crippen LogP contribution in [-0.4, -0.2) is 39.6 Å². The summed E-state index contributed by atoms with van der Waals surface area (Å²) in [4.78, 5) is 28.0. The number of carbonyl (C=O) groups excluding carboxylic acids is 2. The Morgan fingerprint density at radius 2 is 1.82 bits per heavy atom. The van der Waals surface area contributed by atoms with Crippen molar-refractivity contribution in [3.63, 3.8) is 0 Å². The molecular formula is C26H29ClN4O3. The average Bonchev–Trinajstić information content (AvgIpc) is 3.44. The first-order valence-corrected chi connectivity index (χ1v) is 12.4. The molecule has 178 valence electrons. The van der Waals surface area contributed by atoms with Gasteiger partial charge in [0.2, 0.25) is 5.91 Å². The monoisotopic (exact) mass is 480 g/mol. The van der Waals surface area contributed by atoms with Crippen molar-refractivity contribution in [1.82, 2.24) is 20.0 Å². The van der Waals surface area contributed by atoms with Gasteiger partial charge in [-0.25, -0.2) is 4.68 Å². The number of fused-ring (bicyclic) bond motifs is 1. The van der Waals surface area contributed by atoms with Crippen LogP contribution in [-0.2, 0) is 24.2 Å². The normalized spacial score (nSPS) is 16.7. The molecule has 1 N–H and O–H groups in total. The minimum absolute atomic E-state index is 0.0179. The van der Waals surface area contributed by atoms with Gasteiger partial charge in [-0.05, 0) is 74.9 Å². The summed E-state index contributed by atoms with van der Waals surface area (Å²) >= 11 is 6.08. The van der Waals surface area contributed by atoms with E-state index in [0.717, 1.165) is 54.8 Å². The van der Waals surface area contributed by atoms with Gasteiger partial charge < -0.3 is 14.6 Å². The van der Waals surface area contributed by atoms with Crippen molar-refractivity contribution < 1.29 is 14.0 Å². The molecule has 5 rings (SSSR count). The van der Waals surface area contributed by atoms with Gasteiger partial charge in [-0.15, -0.1) is 0 Å². The number of nitrogens with one attached hydrogen (secondary N) is 1. The molecule has 0 bridgehead atoms. The smallest absolute Gasteiger partial charge is 0.274 e. The van der Waals surface area contributed by atoms with Gasteiger partial charge in [-0.1, -0.05) is 18.0 Å². The Morgan fingerprint density at radius 3 is 2.56 bits per heavy atom. The molecule has 0 atom stereocenters. The van der Waals surface area contributed by atoms with E-state index in [9.17, 15) is 9.59 Å². The third kappa shape index (κ3) is 4.75. The lowest BCUT2D eigenvalue weighted by molar-refractivity contribution is -0.126. The van der Waals surface area contributed by atoms with Gasteiger partial charge in [-0.2, -0.15) is 5.10 Å². The molecule has 2 aliphatic rings. The number of piperidine rings is 1. The molecule has 8 heteroatoms. The lowest BCUT2D eigenvalue weighted by Gasteiger charge is -2.31. The van der Waals surface area contributed by atoms with Crippen molar-refractivity contribution in [3.8, 4) is 5.69 Å². The number of hydrogen-bond donors (Lipinski definition) is 1. The van der Waals surface area contributed by atoms with Gasteiger partial charge >= 0.3 is 0 Å². The number of likely N-dealkylation sites (tertiary alicyclic amines) is 1. The first-order chi connectivity index (χ1) is 16.6. The zero-order chi connectivity index (χ0) is 23.5. The Bertz CT molecular complexity index is 1150. The van der Waals surface area contributed by atoms with Gasteiger partial charge in [0, 0.05) is 35.3 Å². The fraction of sp³-hybridized carbons (Fsp3) is 0.423. The van der Waals surface area contributed by atoms with Crippen LogP contribution in [0.5, 0.6) is 0 Å². The number of halogens is 1. The van der Waals surface area contributed by atoms with Crippen molar-refractivity contribution in [2.45, 2.75) is 51.5 Å². The highest BCUT2D eigenvalue weighted by atomic mass is 35.5. The maximum atomic E-state index is 13.6.